The Morgan fingerprint density at radius 3 is 2.81 bits per heavy atom. The van der Waals surface area contributed by atoms with E-state index in [2.05, 4.69) is 30.5 Å². The summed E-state index contributed by atoms with van der Waals surface area (Å²) in [6.07, 6.45) is 4.93. The van der Waals surface area contributed by atoms with E-state index in [1.807, 2.05) is 43.5 Å². The quantitative estimate of drug-likeness (QED) is 0.269. The molecule has 0 aliphatic carbocycles. The van der Waals surface area contributed by atoms with Crippen molar-refractivity contribution in [1.82, 2.24) is 30.1 Å². The van der Waals surface area contributed by atoms with E-state index in [4.69, 9.17) is 4.98 Å². The zero-order valence-electron chi connectivity index (χ0n) is 19.3. The molecule has 0 spiro atoms. The topological polar surface area (TPSA) is 112 Å². The number of carbonyl (C=O) groups excluding carboxylic acids is 1. The summed E-state index contributed by atoms with van der Waals surface area (Å²) < 4.78 is 15.1. The number of aromatic amines is 2. The molecule has 36 heavy (non-hydrogen) atoms. The van der Waals surface area contributed by atoms with Gasteiger partial charge >= 0.3 is 0 Å². The average Bonchev–Trinajstić information content (AvgIpc) is 3.63. The maximum atomic E-state index is 15.1. The molecule has 1 aromatic carbocycles. The second-order valence-electron chi connectivity index (χ2n) is 8.68. The Hall–Kier alpha value is -4.44. The molecular formula is C26H20FN7OS. The number of anilines is 1. The monoisotopic (exact) mass is 497 g/mol. The van der Waals surface area contributed by atoms with Crippen LogP contribution in [0.15, 0.2) is 60.4 Å². The lowest BCUT2D eigenvalue weighted by Gasteiger charge is -2.09. The summed E-state index contributed by atoms with van der Waals surface area (Å²) in [7, 11) is 0. The van der Waals surface area contributed by atoms with Crippen LogP contribution in [0.5, 0.6) is 0 Å². The van der Waals surface area contributed by atoms with Crippen LogP contribution in [0.3, 0.4) is 0 Å². The van der Waals surface area contributed by atoms with E-state index >= 15 is 4.39 Å². The van der Waals surface area contributed by atoms with Crippen LogP contribution in [0.1, 0.15) is 13.8 Å². The van der Waals surface area contributed by atoms with Gasteiger partial charge in [-0.2, -0.15) is 5.10 Å². The molecule has 6 rings (SSSR count). The highest BCUT2D eigenvalue weighted by atomic mass is 32.1. The number of imidazole rings is 1. The van der Waals surface area contributed by atoms with Gasteiger partial charge in [-0.1, -0.05) is 19.9 Å². The van der Waals surface area contributed by atoms with Crippen molar-refractivity contribution in [2.75, 3.05) is 5.32 Å². The van der Waals surface area contributed by atoms with E-state index in [1.165, 1.54) is 6.07 Å². The number of carbonyl (C=O) groups is 1. The van der Waals surface area contributed by atoms with Gasteiger partial charge in [0.05, 0.1) is 22.3 Å². The van der Waals surface area contributed by atoms with Crippen molar-refractivity contribution < 1.29 is 9.18 Å². The van der Waals surface area contributed by atoms with Gasteiger partial charge in [0.2, 0.25) is 5.91 Å². The largest absolute Gasteiger partial charge is 0.336 e. The van der Waals surface area contributed by atoms with Crippen molar-refractivity contribution >= 4 is 44.9 Å². The highest BCUT2D eigenvalue weighted by Gasteiger charge is 2.19. The molecule has 0 aliphatic rings. The summed E-state index contributed by atoms with van der Waals surface area (Å²) in [5, 5.41) is 12.6. The van der Waals surface area contributed by atoms with Crippen molar-refractivity contribution in [2.45, 2.75) is 13.8 Å². The average molecular weight is 498 g/mol. The molecule has 0 aliphatic heterocycles. The molecule has 5 aromatic heterocycles. The van der Waals surface area contributed by atoms with E-state index < -0.39 is 5.82 Å². The van der Waals surface area contributed by atoms with Gasteiger partial charge in [0.1, 0.15) is 28.2 Å². The first-order chi connectivity index (χ1) is 17.5. The minimum atomic E-state index is -0.449. The van der Waals surface area contributed by atoms with Gasteiger partial charge < -0.3 is 10.3 Å². The molecule has 0 fully saturated rings. The van der Waals surface area contributed by atoms with Gasteiger partial charge in [0.15, 0.2) is 5.82 Å². The number of thiophene rings is 1. The third-order valence-corrected chi connectivity index (χ3v) is 6.74. The maximum Gasteiger partial charge on any atom is 0.226 e. The molecule has 8 nitrogen and oxygen atoms in total. The molecule has 3 N–H and O–H groups in total. The fourth-order valence-electron chi connectivity index (χ4n) is 4.02. The second-order valence-corrected chi connectivity index (χ2v) is 9.63. The number of H-pyrrole nitrogens is 2. The Bertz CT molecular complexity index is 1740. The molecule has 0 unspecified atom stereocenters. The number of hydrogen-bond acceptors (Lipinski definition) is 6. The molecule has 0 saturated carbocycles. The van der Waals surface area contributed by atoms with Crippen LogP contribution in [-0.4, -0.2) is 36.0 Å². The van der Waals surface area contributed by atoms with Gasteiger partial charge in [-0.05, 0) is 41.3 Å². The van der Waals surface area contributed by atoms with E-state index in [-0.39, 0.29) is 17.3 Å². The number of hydrogen-bond donors (Lipinski definition) is 3. The summed E-state index contributed by atoms with van der Waals surface area (Å²) in [6, 6.07) is 10.9. The van der Waals surface area contributed by atoms with Crippen molar-refractivity contribution in [3.8, 4) is 33.2 Å². The van der Waals surface area contributed by atoms with Crippen LogP contribution in [0.2, 0.25) is 0 Å². The van der Waals surface area contributed by atoms with Crippen LogP contribution in [0.25, 0.3) is 55.2 Å². The number of aromatic nitrogens is 6. The Kier molecular flexibility index (Phi) is 5.30. The number of pyridine rings is 2. The number of halogens is 1. The molecule has 5 heterocycles. The van der Waals surface area contributed by atoms with Gasteiger partial charge in [-0.3, -0.25) is 19.9 Å². The van der Waals surface area contributed by atoms with Crippen LogP contribution in [0.4, 0.5) is 10.1 Å². The number of nitrogens with zero attached hydrogens (tertiary/aromatic N) is 4. The minimum absolute atomic E-state index is 0.117. The Morgan fingerprint density at radius 1 is 1.11 bits per heavy atom. The Labute approximate surface area is 208 Å². The molecular weight excluding hydrogens is 477 g/mol. The lowest BCUT2D eigenvalue weighted by Crippen LogP contribution is -2.17. The summed E-state index contributed by atoms with van der Waals surface area (Å²) in [5.41, 5.74) is 4.91. The summed E-state index contributed by atoms with van der Waals surface area (Å²) >= 11 is 1.59. The Balaban J connectivity index is 1.45. The number of benzene rings is 1. The molecule has 6 aromatic rings. The minimum Gasteiger partial charge on any atom is -0.336 e. The summed E-state index contributed by atoms with van der Waals surface area (Å²) in [6.45, 7) is 3.63. The zero-order chi connectivity index (χ0) is 24.8. The van der Waals surface area contributed by atoms with Crippen molar-refractivity contribution in [2.24, 2.45) is 5.92 Å². The predicted octanol–water partition coefficient (Wildman–Crippen LogP) is 6.03. The van der Waals surface area contributed by atoms with E-state index in [9.17, 15) is 4.79 Å². The van der Waals surface area contributed by atoms with E-state index in [1.54, 1.807) is 36.0 Å². The van der Waals surface area contributed by atoms with E-state index in [0.717, 1.165) is 21.6 Å². The van der Waals surface area contributed by atoms with Crippen molar-refractivity contribution in [1.29, 1.82) is 0 Å². The molecule has 0 saturated heterocycles. The first-order valence-corrected chi connectivity index (χ1v) is 12.2. The SMILES string of the molecule is CC(C)C(=O)Nc1cncc(-c2cc(F)c3[nH]nc(-c4nc5c(-c6cccs6)nccc5[nH]4)c3c2)c1. The van der Waals surface area contributed by atoms with Crippen molar-refractivity contribution in [3.05, 3.63) is 66.2 Å². The zero-order valence-corrected chi connectivity index (χ0v) is 20.2. The number of nitrogens with one attached hydrogen (secondary N) is 3. The molecule has 0 atom stereocenters. The highest BCUT2D eigenvalue weighted by Crippen LogP contribution is 2.34. The second kappa shape index (κ2) is 8.65. The molecule has 178 valence electrons. The number of rotatable bonds is 5. The molecule has 10 heteroatoms. The summed E-state index contributed by atoms with van der Waals surface area (Å²) in [4.78, 5) is 29.9. The smallest absolute Gasteiger partial charge is 0.226 e. The first-order valence-electron chi connectivity index (χ1n) is 11.3. The lowest BCUT2D eigenvalue weighted by molar-refractivity contribution is -0.118. The third kappa shape index (κ3) is 3.81. The third-order valence-electron chi connectivity index (χ3n) is 5.87. The standard InChI is InChI=1S/C26H20FN7OS/c1-13(2)26(35)30-16-8-15(11-28-12-16)14-9-17-21(18(27)10-14)33-34-22(17)25-31-19-5-6-29-24(23(19)32-25)20-4-3-7-36-20/h3-13H,1-2H3,(H,30,35)(H,31,32)(H,33,34). The van der Waals surface area contributed by atoms with Crippen LogP contribution < -0.4 is 5.32 Å². The first kappa shape index (κ1) is 22.1. The normalized spacial score (nSPS) is 11.6. The highest BCUT2D eigenvalue weighted by molar-refractivity contribution is 7.13. The predicted molar refractivity (Wildman–Crippen MR) is 139 cm³/mol. The molecule has 0 bridgehead atoms. The Morgan fingerprint density at radius 2 is 2.00 bits per heavy atom. The van der Waals surface area contributed by atoms with Gasteiger partial charge in [-0.25, -0.2) is 9.37 Å². The molecule has 0 radical (unpaired) electrons. The van der Waals surface area contributed by atoms with Crippen LogP contribution in [-0.2, 0) is 4.79 Å². The van der Waals surface area contributed by atoms with Crippen LogP contribution in [0, 0.1) is 11.7 Å². The van der Waals surface area contributed by atoms with Gasteiger partial charge in [0.25, 0.3) is 0 Å². The molecule has 1 amide bonds. The summed E-state index contributed by atoms with van der Waals surface area (Å²) in [5.74, 6) is -0.228. The fourth-order valence-corrected chi connectivity index (χ4v) is 4.74. The fraction of sp³-hybridized carbons (Fsp3) is 0.115. The van der Waals surface area contributed by atoms with Gasteiger partial charge in [0, 0.05) is 29.3 Å². The lowest BCUT2D eigenvalue weighted by atomic mass is 10.0. The number of fused-ring (bicyclic) bond motifs is 2. The van der Waals surface area contributed by atoms with E-state index in [0.29, 0.717) is 33.7 Å². The van der Waals surface area contributed by atoms with Gasteiger partial charge in [-0.15, -0.1) is 11.3 Å². The maximum absolute atomic E-state index is 15.1. The van der Waals surface area contributed by atoms with Crippen molar-refractivity contribution in [3.63, 3.8) is 0 Å². The van der Waals surface area contributed by atoms with Crippen LogP contribution >= 0.6 is 11.3 Å². The number of amides is 1.